The van der Waals surface area contributed by atoms with Gasteiger partial charge in [-0.25, -0.2) is 4.79 Å². The Bertz CT molecular complexity index is 873. The summed E-state index contributed by atoms with van der Waals surface area (Å²) in [7, 11) is -4.76. The molecular weight excluding hydrogens is 378 g/mol. The molecule has 0 aromatic carbocycles. The minimum atomic E-state index is -4.76. The molecule has 12 heteroatoms. The van der Waals surface area contributed by atoms with E-state index in [1.54, 1.807) is 0 Å². The van der Waals surface area contributed by atoms with Crippen LogP contribution in [0.3, 0.4) is 0 Å². The molecule has 2 atom stereocenters. The standard InChI is InChI=1S/C15H21N5O6S/c16-9-5-15(6-9)3-8(4-15)12-17-18-13(25-12)11-2-1-10-7-19(11)14(21)20(10)26-27(22,23)24/h8-11H,1-7,16H2,(H,22,23,24). The number of urea groups is 1. The van der Waals surface area contributed by atoms with Gasteiger partial charge in [-0.3, -0.25) is 4.55 Å². The van der Waals surface area contributed by atoms with E-state index in [-0.39, 0.29) is 12.5 Å². The lowest BCUT2D eigenvalue weighted by Crippen LogP contribution is -2.52. The molecule has 3 N–H and O–H groups in total. The van der Waals surface area contributed by atoms with E-state index in [1.165, 1.54) is 4.90 Å². The van der Waals surface area contributed by atoms with Gasteiger partial charge in [0.05, 0.1) is 6.04 Å². The van der Waals surface area contributed by atoms with Gasteiger partial charge in [0, 0.05) is 18.5 Å². The molecule has 2 unspecified atom stereocenters. The van der Waals surface area contributed by atoms with Crippen LogP contribution in [0.1, 0.15) is 62.3 Å². The molecule has 2 amide bonds. The third kappa shape index (κ3) is 2.82. The number of fused-ring (bicyclic) bond motifs is 2. The van der Waals surface area contributed by atoms with Crippen molar-refractivity contribution in [3.8, 4) is 0 Å². The van der Waals surface area contributed by atoms with Crippen molar-refractivity contribution in [3.63, 3.8) is 0 Å². The molecule has 148 valence electrons. The number of hydrogen-bond donors (Lipinski definition) is 2. The summed E-state index contributed by atoms with van der Waals surface area (Å²) >= 11 is 0. The summed E-state index contributed by atoms with van der Waals surface area (Å²) in [5.41, 5.74) is 6.25. The highest BCUT2D eigenvalue weighted by molar-refractivity contribution is 7.80. The smallest absolute Gasteiger partial charge is 0.418 e. The number of nitrogens with zero attached hydrogens (tertiary/aromatic N) is 4. The number of amides is 2. The first kappa shape index (κ1) is 17.3. The van der Waals surface area contributed by atoms with E-state index < -0.39 is 28.5 Å². The Hall–Kier alpha value is -1.76. The molecule has 2 saturated carbocycles. The van der Waals surface area contributed by atoms with Gasteiger partial charge in [0.2, 0.25) is 11.8 Å². The van der Waals surface area contributed by atoms with Crippen LogP contribution in [0.25, 0.3) is 0 Å². The van der Waals surface area contributed by atoms with Gasteiger partial charge in [-0.05, 0) is 43.9 Å². The number of carbonyl (C=O) groups is 1. The van der Waals surface area contributed by atoms with Crippen LogP contribution in [0.4, 0.5) is 4.79 Å². The Kier molecular flexibility index (Phi) is 3.61. The average molecular weight is 399 g/mol. The van der Waals surface area contributed by atoms with E-state index >= 15 is 0 Å². The fourth-order valence-corrected chi connectivity index (χ4v) is 5.57. The molecular formula is C15H21N5O6S. The zero-order valence-electron chi connectivity index (χ0n) is 14.5. The summed E-state index contributed by atoms with van der Waals surface area (Å²) in [4.78, 5) is 13.9. The second-order valence-corrected chi connectivity index (χ2v) is 9.27. The molecule has 1 spiro atoms. The van der Waals surface area contributed by atoms with Crippen LogP contribution >= 0.6 is 0 Å². The second kappa shape index (κ2) is 5.63. The van der Waals surface area contributed by atoms with Crippen LogP contribution < -0.4 is 5.73 Å². The van der Waals surface area contributed by atoms with Crippen molar-refractivity contribution in [1.29, 1.82) is 0 Å². The maximum Gasteiger partial charge on any atom is 0.418 e. The van der Waals surface area contributed by atoms with E-state index in [4.69, 9.17) is 14.7 Å². The fourth-order valence-electron chi connectivity index (χ4n) is 5.18. The van der Waals surface area contributed by atoms with Gasteiger partial charge in [-0.2, -0.15) is 13.5 Å². The fraction of sp³-hybridized carbons (Fsp3) is 0.800. The molecule has 2 bridgehead atoms. The number of nitrogens with two attached hydrogens (primary N) is 1. The molecule has 1 aromatic heterocycles. The van der Waals surface area contributed by atoms with E-state index in [0.717, 1.165) is 25.7 Å². The van der Waals surface area contributed by atoms with Crippen LogP contribution in [0, 0.1) is 5.41 Å². The van der Waals surface area contributed by atoms with Crippen molar-refractivity contribution in [1.82, 2.24) is 20.2 Å². The number of rotatable bonds is 4. The lowest BCUT2D eigenvalue weighted by Gasteiger charge is -2.56. The molecule has 4 aliphatic rings. The number of hydrogen-bond acceptors (Lipinski definition) is 8. The molecule has 4 fully saturated rings. The zero-order chi connectivity index (χ0) is 19.0. The van der Waals surface area contributed by atoms with E-state index in [2.05, 4.69) is 14.5 Å². The van der Waals surface area contributed by atoms with Crippen molar-refractivity contribution >= 4 is 16.4 Å². The van der Waals surface area contributed by atoms with Gasteiger partial charge < -0.3 is 15.1 Å². The Morgan fingerprint density at radius 2 is 1.89 bits per heavy atom. The van der Waals surface area contributed by atoms with Gasteiger partial charge in [0.25, 0.3) is 0 Å². The summed E-state index contributed by atoms with van der Waals surface area (Å²) in [6.07, 6.45) is 5.18. The predicted molar refractivity (Wildman–Crippen MR) is 88.3 cm³/mol. The van der Waals surface area contributed by atoms with Crippen molar-refractivity contribution < 1.29 is 26.5 Å². The third-order valence-corrected chi connectivity index (χ3v) is 6.69. The lowest BCUT2D eigenvalue weighted by atomic mass is 9.50. The maximum absolute atomic E-state index is 12.5. The molecule has 27 heavy (non-hydrogen) atoms. The average Bonchev–Trinajstić information content (AvgIpc) is 3.09. The SMILES string of the molecule is NC1CC2(C1)CC(c1nnc(C3CCC4CN3C(=O)N4OS(=O)(=O)O)o1)C2. The summed E-state index contributed by atoms with van der Waals surface area (Å²) in [6.45, 7) is 0.279. The molecule has 3 heterocycles. The summed E-state index contributed by atoms with van der Waals surface area (Å²) in [5, 5.41) is 9.02. The van der Waals surface area contributed by atoms with Gasteiger partial charge in [-0.15, -0.1) is 14.5 Å². The highest BCUT2D eigenvalue weighted by atomic mass is 32.3. The van der Waals surface area contributed by atoms with Crippen molar-refractivity contribution in [2.24, 2.45) is 11.1 Å². The summed E-state index contributed by atoms with van der Waals surface area (Å²) in [6, 6.07) is -1.18. The Labute approximate surface area is 155 Å². The first-order chi connectivity index (χ1) is 12.7. The van der Waals surface area contributed by atoms with Crippen molar-refractivity contribution in [2.75, 3.05) is 6.54 Å². The number of piperidine rings is 1. The predicted octanol–water partition coefficient (Wildman–Crippen LogP) is 0.730. The molecule has 0 radical (unpaired) electrons. The second-order valence-electron chi connectivity index (χ2n) is 8.26. The number of aromatic nitrogens is 2. The first-order valence-corrected chi connectivity index (χ1v) is 10.5. The Morgan fingerprint density at radius 3 is 2.56 bits per heavy atom. The minimum absolute atomic E-state index is 0.240. The van der Waals surface area contributed by atoms with E-state index in [9.17, 15) is 13.2 Å². The van der Waals surface area contributed by atoms with E-state index in [1.807, 2.05) is 0 Å². The highest BCUT2D eigenvalue weighted by Crippen LogP contribution is 2.61. The molecule has 2 saturated heterocycles. The molecule has 1 aromatic rings. The Balaban J connectivity index is 1.28. The summed E-state index contributed by atoms with van der Waals surface area (Å²) in [5.74, 6) is 1.19. The highest BCUT2D eigenvalue weighted by Gasteiger charge is 2.54. The van der Waals surface area contributed by atoms with E-state index in [0.29, 0.717) is 41.1 Å². The monoisotopic (exact) mass is 399 g/mol. The topological polar surface area (TPSA) is 152 Å². The van der Waals surface area contributed by atoms with Gasteiger partial charge in [0.1, 0.15) is 6.04 Å². The molecule has 2 aliphatic carbocycles. The number of carbonyl (C=O) groups excluding carboxylic acids is 1. The first-order valence-electron chi connectivity index (χ1n) is 9.09. The molecule has 5 rings (SSSR count). The van der Waals surface area contributed by atoms with Crippen LogP contribution in [0.15, 0.2) is 4.42 Å². The maximum atomic E-state index is 12.5. The van der Waals surface area contributed by atoms with Crippen molar-refractivity contribution in [3.05, 3.63) is 11.8 Å². The molecule has 2 aliphatic heterocycles. The van der Waals surface area contributed by atoms with Gasteiger partial charge in [0.15, 0.2) is 0 Å². The Morgan fingerprint density at radius 1 is 1.19 bits per heavy atom. The minimum Gasteiger partial charge on any atom is -0.423 e. The van der Waals surface area contributed by atoms with Crippen LogP contribution in [0.2, 0.25) is 0 Å². The largest absolute Gasteiger partial charge is 0.423 e. The van der Waals surface area contributed by atoms with Crippen LogP contribution in [0.5, 0.6) is 0 Å². The zero-order valence-corrected chi connectivity index (χ0v) is 15.3. The third-order valence-electron chi connectivity index (χ3n) is 6.34. The summed E-state index contributed by atoms with van der Waals surface area (Å²) < 4.78 is 41.1. The van der Waals surface area contributed by atoms with Crippen LogP contribution in [-0.4, -0.2) is 57.8 Å². The molecule has 11 nitrogen and oxygen atoms in total. The van der Waals surface area contributed by atoms with Gasteiger partial charge >= 0.3 is 16.4 Å². The van der Waals surface area contributed by atoms with Crippen molar-refractivity contribution in [2.45, 2.75) is 62.6 Å². The van der Waals surface area contributed by atoms with Crippen LogP contribution in [-0.2, 0) is 14.7 Å². The lowest BCUT2D eigenvalue weighted by molar-refractivity contribution is -0.0317. The quantitative estimate of drug-likeness (QED) is 0.698. The number of hydroxylamine groups is 2. The normalized spacial score (nSPS) is 38.2. The van der Waals surface area contributed by atoms with Gasteiger partial charge in [-0.1, -0.05) is 0 Å².